The summed E-state index contributed by atoms with van der Waals surface area (Å²) in [6.07, 6.45) is 5.62. The van der Waals surface area contributed by atoms with Crippen LogP contribution in [0.15, 0.2) is 4.99 Å². The zero-order valence-corrected chi connectivity index (χ0v) is 30.7. The van der Waals surface area contributed by atoms with E-state index in [0.717, 1.165) is 32.1 Å². The number of guanidine groups is 1. The van der Waals surface area contributed by atoms with Gasteiger partial charge in [-0.2, -0.15) is 0 Å². The molecule has 0 aromatic rings. The first kappa shape index (κ1) is 44.6. The van der Waals surface area contributed by atoms with Gasteiger partial charge in [-0.1, -0.05) is 25.7 Å². The lowest BCUT2D eigenvalue weighted by atomic mass is 10.0. The molecule has 4 amide bonds. The quantitative estimate of drug-likeness (QED) is 0.0280. The lowest BCUT2D eigenvalue weighted by Crippen LogP contribution is -2.61. The number of aliphatic hydroxyl groups excluding tert-OH is 2. The summed E-state index contributed by atoms with van der Waals surface area (Å²) in [5, 5.41) is 39.9. The summed E-state index contributed by atoms with van der Waals surface area (Å²) in [7, 11) is 0. The van der Waals surface area contributed by atoms with Crippen molar-refractivity contribution in [2.45, 2.75) is 146 Å². The van der Waals surface area contributed by atoms with Gasteiger partial charge < -0.3 is 59.1 Å². The molecule has 2 rings (SSSR count). The fraction of sp³-hybridized carbons (Fsp3) is 0.824. The van der Waals surface area contributed by atoms with Crippen LogP contribution in [0.4, 0.5) is 0 Å². The van der Waals surface area contributed by atoms with E-state index in [2.05, 4.69) is 20.9 Å². The number of nitrogens with zero attached hydrogens (tertiary/aromatic N) is 3. The maximum Gasteiger partial charge on any atom is 0.326 e. The van der Waals surface area contributed by atoms with Gasteiger partial charge in [-0.15, -0.1) is 0 Å². The molecule has 2 heterocycles. The predicted octanol–water partition coefficient (Wildman–Crippen LogP) is -1.84. The summed E-state index contributed by atoms with van der Waals surface area (Å²) < 4.78 is 0. The Labute approximate surface area is 306 Å². The minimum Gasteiger partial charge on any atom is -0.480 e. The summed E-state index contributed by atoms with van der Waals surface area (Å²) >= 11 is 0. The number of nitrogens with two attached hydrogens (primary N) is 4. The molecule has 0 aromatic carbocycles. The molecule has 0 bridgehead atoms. The number of nitrogens with one attached hydrogen (secondary N) is 3. The lowest BCUT2D eigenvalue weighted by Gasteiger charge is -2.37. The van der Waals surface area contributed by atoms with Crippen molar-refractivity contribution in [3.63, 3.8) is 0 Å². The van der Waals surface area contributed by atoms with Crippen LogP contribution >= 0.6 is 0 Å². The van der Waals surface area contributed by atoms with Crippen LogP contribution < -0.4 is 38.9 Å². The molecular weight excluding hydrogens is 676 g/mol. The van der Waals surface area contributed by atoms with E-state index in [0.29, 0.717) is 77.5 Å². The molecular formula is C34H64N10O8. The van der Waals surface area contributed by atoms with E-state index >= 15 is 0 Å². The fourth-order valence-corrected chi connectivity index (χ4v) is 6.81. The number of rotatable bonds is 25. The zero-order valence-electron chi connectivity index (χ0n) is 30.7. The minimum atomic E-state index is -1.28. The Kier molecular flexibility index (Phi) is 20.5. The molecule has 0 aliphatic carbocycles. The number of unbranched alkanes of at least 4 members (excludes halogenated alkanes) is 5. The van der Waals surface area contributed by atoms with Gasteiger partial charge in [-0.3, -0.25) is 29.1 Å². The maximum absolute atomic E-state index is 14.0. The van der Waals surface area contributed by atoms with Crippen molar-refractivity contribution in [1.29, 1.82) is 0 Å². The molecule has 6 unspecified atom stereocenters. The second-order valence-electron chi connectivity index (χ2n) is 13.8. The van der Waals surface area contributed by atoms with Crippen LogP contribution in [0.1, 0.15) is 103 Å². The first-order valence-corrected chi connectivity index (χ1v) is 18.8. The Morgan fingerprint density at radius 1 is 0.808 bits per heavy atom. The van der Waals surface area contributed by atoms with Crippen molar-refractivity contribution in [3.05, 3.63) is 0 Å². The van der Waals surface area contributed by atoms with Crippen LogP contribution in [0.5, 0.6) is 0 Å². The number of likely N-dealkylation sites (tertiary alicyclic amines) is 2. The molecule has 2 aliphatic heterocycles. The first-order valence-electron chi connectivity index (χ1n) is 18.8. The minimum absolute atomic E-state index is 0.0921. The van der Waals surface area contributed by atoms with E-state index in [9.17, 15) is 39.3 Å². The Balaban J connectivity index is 2.17. The van der Waals surface area contributed by atoms with E-state index in [4.69, 9.17) is 22.9 Å². The molecule has 0 aromatic heterocycles. The third-order valence-corrected chi connectivity index (χ3v) is 9.66. The zero-order chi connectivity index (χ0) is 38.6. The summed E-state index contributed by atoms with van der Waals surface area (Å²) in [6.45, 7) is 3.33. The number of aliphatic imine (C=N–C) groups is 1. The number of carbonyl (C=O) groups excluding carboxylic acids is 4. The van der Waals surface area contributed by atoms with Gasteiger partial charge in [-0.05, 0) is 84.2 Å². The summed E-state index contributed by atoms with van der Waals surface area (Å²) in [4.78, 5) is 72.3. The molecule has 2 aliphatic rings. The van der Waals surface area contributed by atoms with Gasteiger partial charge in [0.1, 0.15) is 24.4 Å². The number of aliphatic hydroxyl groups is 2. The van der Waals surface area contributed by atoms with Crippen molar-refractivity contribution in [2.24, 2.45) is 27.9 Å². The monoisotopic (exact) mass is 740 g/mol. The van der Waals surface area contributed by atoms with Gasteiger partial charge in [0.15, 0.2) is 5.96 Å². The van der Waals surface area contributed by atoms with Gasteiger partial charge in [-0.25, -0.2) is 4.79 Å². The van der Waals surface area contributed by atoms with E-state index in [-0.39, 0.29) is 37.2 Å². The molecule has 0 spiro atoms. The van der Waals surface area contributed by atoms with E-state index in [1.54, 1.807) is 4.90 Å². The van der Waals surface area contributed by atoms with Crippen molar-refractivity contribution >= 4 is 35.6 Å². The van der Waals surface area contributed by atoms with Gasteiger partial charge in [0, 0.05) is 26.1 Å². The molecule has 2 saturated heterocycles. The molecule has 18 nitrogen and oxygen atoms in total. The van der Waals surface area contributed by atoms with E-state index in [1.165, 1.54) is 11.8 Å². The lowest BCUT2D eigenvalue weighted by molar-refractivity contribution is -0.147. The SMILES string of the molecule is CC(O)C(NC(=O)CCCCCN)C(=O)NC(CCCCCCN)C(O)N1CCCC1C(=O)N1CCCC1C(=O)N[C@H](CCCN=C(N)N)C(=O)O. The Morgan fingerprint density at radius 2 is 1.44 bits per heavy atom. The average Bonchev–Trinajstić information content (AvgIpc) is 3.80. The summed E-state index contributed by atoms with van der Waals surface area (Å²) in [5.74, 6) is -3.29. The number of hydrogen-bond donors (Lipinski definition) is 10. The van der Waals surface area contributed by atoms with E-state index in [1.807, 2.05) is 0 Å². The predicted molar refractivity (Wildman–Crippen MR) is 195 cm³/mol. The van der Waals surface area contributed by atoms with E-state index < -0.39 is 60.3 Å². The topological polar surface area (TPSA) is 305 Å². The maximum atomic E-state index is 14.0. The van der Waals surface area contributed by atoms with Crippen LogP contribution in [0.3, 0.4) is 0 Å². The molecule has 2 fully saturated rings. The summed E-state index contributed by atoms with van der Waals surface area (Å²) in [6, 6.07) is -4.94. The number of aliphatic carboxylic acids is 1. The standard InChI is InChI=1S/C34H64N10O8/c1-22(45)28(42-27(46)16-6-4-8-18-36)30(48)40-23(12-5-2-3-7-17-35)31(49)44-21-11-15-26(44)32(50)43-20-10-14-25(43)29(47)41-24(33(51)52)13-9-19-39-34(37)38/h22-26,28,31,45,49H,2-21,35-36H2,1H3,(H,40,48)(H,41,47)(H,42,46)(H,51,52)(H4,37,38,39)/t22?,23?,24-,25?,26?,28?,31?/m1/s1. The van der Waals surface area contributed by atoms with Crippen molar-refractivity contribution in [1.82, 2.24) is 25.8 Å². The summed E-state index contributed by atoms with van der Waals surface area (Å²) in [5.41, 5.74) is 21.8. The van der Waals surface area contributed by atoms with Gasteiger partial charge >= 0.3 is 5.97 Å². The van der Waals surface area contributed by atoms with Gasteiger partial charge in [0.05, 0.1) is 18.2 Å². The second kappa shape index (κ2) is 23.9. The smallest absolute Gasteiger partial charge is 0.326 e. The highest BCUT2D eigenvalue weighted by Crippen LogP contribution is 2.28. The fourth-order valence-electron chi connectivity index (χ4n) is 6.81. The largest absolute Gasteiger partial charge is 0.480 e. The number of carbonyl (C=O) groups is 5. The molecule has 7 atom stereocenters. The highest BCUT2D eigenvalue weighted by molar-refractivity contribution is 5.92. The van der Waals surface area contributed by atoms with Crippen molar-refractivity contribution in [2.75, 3.05) is 32.7 Å². The average molecular weight is 741 g/mol. The van der Waals surface area contributed by atoms with Crippen molar-refractivity contribution in [3.8, 4) is 0 Å². The molecule has 298 valence electrons. The normalized spacial score (nSPS) is 20.4. The highest BCUT2D eigenvalue weighted by atomic mass is 16.4. The van der Waals surface area contributed by atoms with Crippen LogP contribution in [0.2, 0.25) is 0 Å². The Morgan fingerprint density at radius 3 is 2.08 bits per heavy atom. The third kappa shape index (κ3) is 14.8. The molecule has 18 heteroatoms. The number of carboxylic acid groups (broad SMARTS) is 1. The molecule has 14 N–H and O–H groups in total. The Hall–Kier alpha value is -3.58. The number of amides is 4. The Bertz CT molecular complexity index is 1170. The van der Waals surface area contributed by atoms with Gasteiger partial charge in [0.2, 0.25) is 23.6 Å². The second-order valence-corrected chi connectivity index (χ2v) is 13.8. The van der Waals surface area contributed by atoms with Crippen LogP contribution in [0.25, 0.3) is 0 Å². The van der Waals surface area contributed by atoms with Crippen LogP contribution in [-0.4, -0.2) is 136 Å². The first-order chi connectivity index (χ1) is 24.8. The van der Waals surface area contributed by atoms with Crippen LogP contribution in [0, 0.1) is 0 Å². The third-order valence-electron chi connectivity index (χ3n) is 9.66. The number of hydrogen-bond acceptors (Lipinski definition) is 11. The molecule has 0 saturated carbocycles. The van der Waals surface area contributed by atoms with Gasteiger partial charge in [0.25, 0.3) is 0 Å². The van der Waals surface area contributed by atoms with Crippen molar-refractivity contribution < 1.29 is 39.3 Å². The number of carboxylic acids is 1. The van der Waals surface area contributed by atoms with Crippen LogP contribution in [-0.2, 0) is 24.0 Å². The highest BCUT2D eigenvalue weighted by Gasteiger charge is 2.44. The molecule has 52 heavy (non-hydrogen) atoms. The molecule has 0 radical (unpaired) electrons.